The van der Waals surface area contributed by atoms with E-state index >= 15 is 0 Å². The number of hydrogen-bond donors (Lipinski definition) is 2. The largest absolute Gasteiger partial charge is 0.354 e. The van der Waals surface area contributed by atoms with E-state index in [1.54, 1.807) is 0 Å². The second-order valence-corrected chi connectivity index (χ2v) is 7.80. The van der Waals surface area contributed by atoms with Gasteiger partial charge in [0.15, 0.2) is 5.96 Å². The molecule has 1 heterocycles. The second kappa shape index (κ2) is 9.93. The highest BCUT2D eigenvalue weighted by atomic mass is 15.2. The Labute approximate surface area is 158 Å². The van der Waals surface area contributed by atoms with Gasteiger partial charge in [0.25, 0.3) is 0 Å². The Bertz CT molecular complexity index is 554. The first-order valence-corrected chi connectivity index (χ1v) is 10.2. The van der Waals surface area contributed by atoms with Crippen LogP contribution in [-0.4, -0.2) is 62.1 Å². The van der Waals surface area contributed by atoms with Gasteiger partial charge in [0.1, 0.15) is 0 Å². The predicted molar refractivity (Wildman–Crippen MR) is 109 cm³/mol. The lowest BCUT2D eigenvalue weighted by molar-refractivity contribution is 0.148. The molecule has 5 nitrogen and oxygen atoms in total. The number of aliphatic imine (C=N–C) groups is 1. The van der Waals surface area contributed by atoms with E-state index in [9.17, 15) is 0 Å². The molecule has 0 spiro atoms. The maximum Gasteiger partial charge on any atom is 0.191 e. The van der Waals surface area contributed by atoms with Gasteiger partial charge in [-0.3, -0.25) is 9.89 Å². The summed E-state index contributed by atoms with van der Waals surface area (Å²) >= 11 is 0. The van der Waals surface area contributed by atoms with Crippen molar-refractivity contribution in [2.75, 3.05) is 40.3 Å². The van der Waals surface area contributed by atoms with Crippen LogP contribution in [0.2, 0.25) is 0 Å². The topological polar surface area (TPSA) is 42.9 Å². The van der Waals surface area contributed by atoms with Gasteiger partial charge in [-0.2, -0.15) is 0 Å². The van der Waals surface area contributed by atoms with Gasteiger partial charge in [-0.25, -0.2) is 0 Å². The molecule has 2 fully saturated rings. The van der Waals surface area contributed by atoms with Crippen molar-refractivity contribution in [3.05, 3.63) is 35.4 Å². The standard InChI is InChI=1S/C21H35N5/c1-22-21(24-20-6-4-3-5-7-20)23-16-18-8-10-19(11-9-18)17-26-14-12-25(2)13-15-26/h8-11,20H,3-7,12-17H2,1-2H3,(H2,22,23,24). The molecule has 0 amide bonds. The van der Waals surface area contributed by atoms with Crippen LogP contribution in [0.25, 0.3) is 0 Å². The number of piperazine rings is 1. The maximum absolute atomic E-state index is 4.38. The summed E-state index contributed by atoms with van der Waals surface area (Å²) in [5.41, 5.74) is 2.71. The Balaban J connectivity index is 1.43. The SMILES string of the molecule is CN=C(NCc1ccc(CN2CCN(C)CC2)cc1)NC1CCCCC1. The second-order valence-electron chi connectivity index (χ2n) is 7.80. The van der Waals surface area contributed by atoms with Crippen LogP contribution in [0.3, 0.4) is 0 Å². The lowest BCUT2D eigenvalue weighted by Crippen LogP contribution is -2.44. The molecule has 1 saturated heterocycles. The number of hydrogen-bond acceptors (Lipinski definition) is 3. The third-order valence-electron chi connectivity index (χ3n) is 5.65. The van der Waals surface area contributed by atoms with Gasteiger partial charge in [0, 0.05) is 52.4 Å². The van der Waals surface area contributed by atoms with Gasteiger partial charge in [0.2, 0.25) is 0 Å². The highest BCUT2D eigenvalue weighted by Gasteiger charge is 2.15. The Morgan fingerprint density at radius 1 is 1.00 bits per heavy atom. The first-order chi connectivity index (χ1) is 12.7. The molecular formula is C21H35N5. The van der Waals surface area contributed by atoms with Crippen LogP contribution in [0.1, 0.15) is 43.2 Å². The molecule has 1 aliphatic carbocycles. The smallest absolute Gasteiger partial charge is 0.191 e. The lowest BCUT2D eigenvalue weighted by Gasteiger charge is -2.32. The lowest BCUT2D eigenvalue weighted by atomic mass is 9.96. The number of benzene rings is 1. The van der Waals surface area contributed by atoms with Crippen LogP contribution < -0.4 is 10.6 Å². The monoisotopic (exact) mass is 357 g/mol. The Hall–Kier alpha value is -1.59. The van der Waals surface area contributed by atoms with E-state index in [0.29, 0.717) is 6.04 Å². The summed E-state index contributed by atoms with van der Waals surface area (Å²) in [5.74, 6) is 0.929. The fourth-order valence-corrected chi connectivity index (χ4v) is 3.85. The van der Waals surface area contributed by atoms with Crippen molar-refractivity contribution >= 4 is 5.96 Å². The predicted octanol–water partition coefficient (Wildman–Crippen LogP) is 2.43. The number of nitrogens with one attached hydrogen (secondary N) is 2. The minimum Gasteiger partial charge on any atom is -0.354 e. The van der Waals surface area contributed by atoms with E-state index in [4.69, 9.17) is 0 Å². The van der Waals surface area contributed by atoms with E-state index in [0.717, 1.165) is 19.0 Å². The highest BCUT2D eigenvalue weighted by molar-refractivity contribution is 5.79. The van der Waals surface area contributed by atoms with E-state index in [1.807, 2.05) is 7.05 Å². The zero-order valence-corrected chi connectivity index (χ0v) is 16.5. The molecule has 0 atom stereocenters. The normalized spacial score (nSPS) is 20.9. The van der Waals surface area contributed by atoms with Crippen molar-refractivity contribution in [2.45, 2.75) is 51.2 Å². The maximum atomic E-state index is 4.38. The van der Waals surface area contributed by atoms with Crippen LogP contribution >= 0.6 is 0 Å². The Morgan fingerprint density at radius 3 is 2.31 bits per heavy atom. The number of guanidine groups is 1. The molecular weight excluding hydrogens is 322 g/mol. The summed E-state index contributed by atoms with van der Waals surface area (Å²) in [6.07, 6.45) is 6.58. The summed E-state index contributed by atoms with van der Waals surface area (Å²) in [4.78, 5) is 9.33. The Kier molecular flexibility index (Phi) is 7.32. The van der Waals surface area contributed by atoms with E-state index in [2.05, 4.69) is 56.7 Å². The third-order valence-corrected chi connectivity index (χ3v) is 5.65. The van der Waals surface area contributed by atoms with Crippen LogP contribution in [-0.2, 0) is 13.1 Å². The first kappa shape index (κ1) is 19.2. The zero-order chi connectivity index (χ0) is 18.2. The summed E-state index contributed by atoms with van der Waals surface area (Å²) in [6.45, 7) is 6.57. The molecule has 0 radical (unpaired) electrons. The summed E-state index contributed by atoms with van der Waals surface area (Å²) in [7, 11) is 4.06. The minimum absolute atomic E-state index is 0.584. The average Bonchev–Trinajstić information content (AvgIpc) is 2.69. The molecule has 2 N–H and O–H groups in total. The van der Waals surface area contributed by atoms with Crippen LogP contribution in [0.5, 0.6) is 0 Å². The van der Waals surface area contributed by atoms with E-state index in [-0.39, 0.29) is 0 Å². The van der Waals surface area contributed by atoms with E-state index in [1.165, 1.54) is 69.4 Å². The van der Waals surface area contributed by atoms with Gasteiger partial charge in [0.05, 0.1) is 0 Å². The molecule has 0 aromatic heterocycles. The third kappa shape index (κ3) is 5.99. The molecule has 1 aromatic carbocycles. The quantitative estimate of drug-likeness (QED) is 0.627. The molecule has 0 unspecified atom stereocenters. The fourth-order valence-electron chi connectivity index (χ4n) is 3.85. The van der Waals surface area contributed by atoms with Gasteiger partial charge in [-0.1, -0.05) is 43.5 Å². The van der Waals surface area contributed by atoms with Crippen molar-refractivity contribution < 1.29 is 0 Å². The first-order valence-electron chi connectivity index (χ1n) is 10.2. The van der Waals surface area contributed by atoms with Crippen molar-refractivity contribution in [1.29, 1.82) is 0 Å². The Morgan fingerprint density at radius 2 is 1.65 bits per heavy atom. The van der Waals surface area contributed by atoms with Crippen molar-refractivity contribution in [3.63, 3.8) is 0 Å². The van der Waals surface area contributed by atoms with Crippen LogP contribution in [0.4, 0.5) is 0 Å². The molecule has 0 bridgehead atoms. The van der Waals surface area contributed by atoms with Gasteiger partial charge in [-0.05, 0) is 31.0 Å². The molecule has 2 aliphatic rings. The zero-order valence-electron chi connectivity index (χ0n) is 16.5. The average molecular weight is 358 g/mol. The van der Waals surface area contributed by atoms with Crippen molar-refractivity contribution in [2.24, 2.45) is 4.99 Å². The van der Waals surface area contributed by atoms with Crippen molar-refractivity contribution in [3.8, 4) is 0 Å². The van der Waals surface area contributed by atoms with Gasteiger partial charge >= 0.3 is 0 Å². The van der Waals surface area contributed by atoms with Crippen molar-refractivity contribution in [1.82, 2.24) is 20.4 Å². The van der Waals surface area contributed by atoms with Gasteiger partial charge < -0.3 is 15.5 Å². The number of likely N-dealkylation sites (N-methyl/N-ethyl adjacent to an activating group) is 1. The summed E-state index contributed by atoms with van der Waals surface area (Å²) < 4.78 is 0. The molecule has 26 heavy (non-hydrogen) atoms. The van der Waals surface area contributed by atoms with Gasteiger partial charge in [-0.15, -0.1) is 0 Å². The summed E-state index contributed by atoms with van der Waals surface area (Å²) in [6, 6.07) is 9.61. The molecule has 1 saturated carbocycles. The van der Waals surface area contributed by atoms with Crippen LogP contribution in [0.15, 0.2) is 29.3 Å². The molecule has 1 aliphatic heterocycles. The number of rotatable bonds is 5. The minimum atomic E-state index is 0.584. The molecule has 5 heteroatoms. The molecule has 1 aromatic rings. The highest BCUT2D eigenvalue weighted by Crippen LogP contribution is 2.17. The fraction of sp³-hybridized carbons (Fsp3) is 0.667. The van der Waals surface area contributed by atoms with Crippen LogP contribution in [0, 0.1) is 0 Å². The summed E-state index contributed by atoms with van der Waals surface area (Å²) in [5, 5.41) is 7.03. The molecule has 3 rings (SSSR count). The molecule has 144 valence electrons. The van der Waals surface area contributed by atoms with E-state index < -0.39 is 0 Å². The number of nitrogens with zero attached hydrogens (tertiary/aromatic N) is 3.